The number of carbonyl (C=O) groups is 1. The Hall–Kier alpha value is -3.04. The van der Waals surface area contributed by atoms with Gasteiger partial charge in [0.15, 0.2) is 0 Å². The van der Waals surface area contributed by atoms with Crippen LogP contribution in [-0.2, 0) is 14.8 Å². The van der Waals surface area contributed by atoms with Crippen molar-refractivity contribution in [3.63, 3.8) is 0 Å². The fourth-order valence-electron chi connectivity index (χ4n) is 2.25. The second-order valence-corrected chi connectivity index (χ2v) is 8.06. The van der Waals surface area contributed by atoms with E-state index in [0.29, 0.717) is 16.8 Å². The zero-order chi connectivity index (χ0) is 20.2. The van der Waals surface area contributed by atoms with Crippen molar-refractivity contribution in [2.75, 3.05) is 19.4 Å². The molecule has 0 aromatic heterocycles. The minimum Gasteiger partial charge on any atom is -0.322 e. The summed E-state index contributed by atoms with van der Waals surface area (Å²) < 4.78 is 25.8. The lowest BCUT2D eigenvalue weighted by Gasteiger charge is -2.14. The summed E-state index contributed by atoms with van der Waals surface area (Å²) in [6.45, 7) is 1.67. The molecule has 1 amide bonds. The standard InChI is InChI=1S/C18H19N3O5S/c1-13-7-9-15(12-17(13)27(25,26)20(2)3)19-18(22)10-8-14-5-4-6-16(11-14)21(23)24/h4-12H,1-3H3,(H,19,22)/b10-8+. The molecule has 0 saturated carbocycles. The summed E-state index contributed by atoms with van der Waals surface area (Å²) in [4.78, 5) is 22.5. The molecule has 0 saturated heterocycles. The number of hydrogen-bond acceptors (Lipinski definition) is 5. The van der Waals surface area contributed by atoms with Gasteiger partial charge < -0.3 is 5.32 Å². The van der Waals surface area contributed by atoms with Gasteiger partial charge >= 0.3 is 0 Å². The highest BCUT2D eigenvalue weighted by Crippen LogP contribution is 2.22. The Morgan fingerprint density at radius 1 is 1.19 bits per heavy atom. The molecule has 142 valence electrons. The van der Waals surface area contributed by atoms with Gasteiger partial charge in [-0.05, 0) is 36.3 Å². The number of nitro benzene ring substituents is 1. The first-order valence-electron chi connectivity index (χ1n) is 7.88. The number of nitro groups is 1. The summed E-state index contributed by atoms with van der Waals surface area (Å²) in [7, 11) is -0.769. The maximum atomic E-state index is 12.3. The van der Waals surface area contributed by atoms with Crippen LogP contribution < -0.4 is 5.32 Å². The van der Waals surface area contributed by atoms with Crippen LogP contribution in [0.4, 0.5) is 11.4 Å². The van der Waals surface area contributed by atoms with Gasteiger partial charge in [-0.25, -0.2) is 12.7 Å². The highest BCUT2D eigenvalue weighted by atomic mass is 32.2. The molecule has 9 heteroatoms. The predicted molar refractivity (Wildman–Crippen MR) is 103 cm³/mol. The molecule has 0 bridgehead atoms. The van der Waals surface area contributed by atoms with Crippen molar-refractivity contribution in [1.29, 1.82) is 0 Å². The lowest BCUT2D eigenvalue weighted by atomic mass is 10.2. The van der Waals surface area contributed by atoms with E-state index in [1.807, 2.05) is 0 Å². The van der Waals surface area contributed by atoms with Crippen molar-refractivity contribution >= 4 is 33.4 Å². The third-order valence-electron chi connectivity index (χ3n) is 3.72. The summed E-state index contributed by atoms with van der Waals surface area (Å²) >= 11 is 0. The predicted octanol–water partition coefficient (Wildman–Crippen LogP) is 2.81. The molecule has 0 unspecified atom stereocenters. The van der Waals surface area contributed by atoms with Gasteiger partial charge in [0.05, 0.1) is 9.82 Å². The molecule has 2 aromatic rings. The van der Waals surface area contributed by atoms with E-state index in [1.54, 1.807) is 25.1 Å². The lowest BCUT2D eigenvalue weighted by Crippen LogP contribution is -2.23. The maximum Gasteiger partial charge on any atom is 0.270 e. The highest BCUT2D eigenvalue weighted by molar-refractivity contribution is 7.89. The van der Waals surface area contributed by atoms with E-state index in [4.69, 9.17) is 0 Å². The summed E-state index contributed by atoms with van der Waals surface area (Å²) in [5.41, 5.74) is 1.32. The topological polar surface area (TPSA) is 110 Å². The van der Waals surface area contributed by atoms with Crippen molar-refractivity contribution in [2.24, 2.45) is 0 Å². The van der Waals surface area contributed by atoms with Crippen LogP contribution in [0.25, 0.3) is 6.08 Å². The summed E-state index contributed by atoms with van der Waals surface area (Å²) in [5.74, 6) is -0.487. The third-order valence-corrected chi connectivity index (χ3v) is 5.68. The van der Waals surface area contributed by atoms with Gasteiger partial charge in [0.25, 0.3) is 5.69 Å². The number of carbonyl (C=O) groups excluding carboxylic acids is 1. The van der Waals surface area contributed by atoms with E-state index in [-0.39, 0.29) is 10.6 Å². The van der Waals surface area contributed by atoms with Gasteiger partial charge in [0, 0.05) is 38.0 Å². The van der Waals surface area contributed by atoms with Crippen LogP contribution in [0.3, 0.4) is 0 Å². The van der Waals surface area contributed by atoms with Crippen LogP contribution in [-0.4, -0.2) is 37.6 Å². The quantitative estimate of drug-likeness (QED) is 0.464. The molecule has 0 radical (unpaired) electrons. The van der Waals surface area contributed by atoms with Crippen molar-refractivity contribution in [3.8, 4) is 0 Å². The summed E-state index contributed by atoms with van der Waals surface area (Å²) in [6.07, 6.45) is 2.66. The van der Waals surface area contributed by atoms with Gasteiger partial charge in [-0.15, -0.1) is 0 Å². The number of aryl methyl sites for hydroxylation is 1. The molecule has 0 spiro atoms. The van der Waals surface area contributed by atoms with Crippen molar-refractivity contribution in [3.05, 3.63) is 69.8 Å². The monoisotopic (exact) mass is 389 g/mol. The van der Waals surface area contributed by atoms with Gasteiger partial charge in [0.1, 0.15) is 0 Å². The van der Waals surface area contributed by atoms with Crippen LogP contribution in [0.1, 0.15) is 11.1 Å². The number of nitrogens with one attached hydrogen (secondary N) is 1. The number of non-ortho nitro benzene ring substituents is 1. The average molecular weight is 389 g/mol. The minimum atomic E-state index is -3.63. The van der Waals surface area contributed by atoms with Crippen LogP contribution in [0.5, 0.6) is 0 Å². The molecular formula is C18H19N3O5S. The van der Waals surface area contributed by atoms with Gasteiger partial charge in [-0.2, -0.15) is 0 Å². The number of amides is 1. The molecular weight excluding hydrogens is 370 g/mol. The normalized spacial score (nSPS) is 11.7. The number of rotatable bonds is 6. The Morgan fingerprint density at radius 3 is 2.52 bits per heavy atom. The summed E-state index contributed by atoms with van der Waals surface area (Å²) in [6, 6.07) is 10.5. The molecule has 0 heterocycles. The van der Waals surface area contributed by atoms with E-state index in [9.17, 15) is 23.3 Å². The minimum absolute atomic E-state index is 0.0744. The van der Waals surface area contributed by atoms with E-state index in [0.717, 1.165) is 4.31 Å². The fraction of sp³-hybridized carbons (Fsp3) is 0.167. The largest absolute Gasteiger partial charge is 0.322 e. The Bertz CT molecular complexity index is 1010. The molecule has 8 nitrogen and oxygen atoms in total. The summed E-state index contributed by atoms with van der Waals surface area (Å²) in [5, 5.41) is 13.4. The SMILES string of the molecule is Cc1ccc(NC(=O)/C=C/c2cccc([N+](=O)[O-])c2)cc1S(=O)(=O)N(C)C. The van der Waals surface area contributed by atoms with E-state index >= 15 is 0 Å². The second-order valence-electron chi connectivity index (χ2n) is 5.94. The van der Waals surface area contributed by atoms with Crippen LogP contribution in [0.2, 0.25) is 0 Å². The second kappa shape index (κ2) is 8.11. The number of hydrogen-bond donors (Lipinski definition) is 1. The third kappa shape index (κ3) is 4.99. The van der Waals surface area contributed by atoms with E-state index < -0.39 is 20.9 Å². The van der Waals surface area contributed by atoms with E-state index in [1.165, 1.54) is 50.5 Å². The van der Waals surface area contributed by atoms with Crippen LogP contribution >= 0.6 is 0 Å². The Kier molecular flexibility index (Phi) is 6.09. The molecule has 2 aromatic carbocycles. The Morgan fingerprint density at radius 2 is 1.89 bits per heavy atom. The smallest absolute Gasteiger partial charge is 0.270 e. The number of sulfonamides is 1. The van der Waals surface area contributed by atoms with Crippen LogP contribution in [0.15, 0.2) is 53.4 Å². The average Bonchev–Trinajstić information content (AvgIpc) is 2.61. The molecule has 2 rings (SSSR count). The Balaban J connectivity index is 2.19. The first kappa shape index (κ1) is 20.3. The van der Waals surface area contributed by atoms with E-state index in [2.05, 4.69) is 5.32 Å². The molecule has 0 fully saturated rings. The molecule has 0 aliphatic carbocycles. The first-order chi connectivity index (χ1) is 12.6. The Labute approximate surface area is 157 Å². The number of nitrogens with zero attached hydrogens (tertiary/aromatic N) is 2. The number of benzene rings is 2. The maximum absolute atomic E-state index is 12.3. The zero-order valence-electron chi connectivity index (χ0n) is 15.0. The zero-order valence-corrected chi connectivity index (χ0v) is 15.9. The fourth-order valence-corrected chi connectivity index (χ4v) is 3.39. The highest BCUT2D eigenvalue weighted by Gasteiger charge is 2.20. The van der Waals surface area contributed by atoms with Crippen molar-refractivity contribution in [1.82, 2.24) is 4.31 Å². The molecule has 27 heavy (non-hydrogen) atoms. The van der Waals surface area contributed by atoms with Crippen molar-refractivity contribution in [2.45, 2.75) is 11.8 Å². The molecule has 0 aliphatic heterocycles. The lowest BCUT2D eigenvalue weighted by molar-refractivity contribution is -0.384. The van der Waals surface area contributed by atoms with Gasteiger partial charge in [-0.3, -0.25) is 14.9 Å². The number of anilines is 1. The first-order valence-corrected chi connectivity index (χ1v) is 9.32. The van der Waals surface area contributed by atoms with Gasteiger partial charge in [0.2, 0.25) is 15.9 Å². The van der Waals surface area contributed by atoms with Crippen molar-refractivity contribution < 1.29 is 18.1 Å². The molecule has 1 N–H and O–H groups in total. The molecule has 0 aliphatic rings. The molecule has 0 atom stereocenters. The van der Waals surface area contributed by atoms with Crippen LogP contribution in [0, 0.1) is 17.0 Å². The van der Waals surface area contributed by atoms with Gasteiger partial charge in [-0.1, -0.05) is 18.2 Å².